The molecule has 0 radical (unpaired) electrons. The minimum atomic E-state index is -0.637. The average Bonchev–Trinajstić information content (AvgIpc) is 3.12. The average molecular weight is 443 g/mol. The van der Waals surface area contributed by atoms with Crippen molar-refractivity contribution in [2.24, 2.45) is 10.2 Å². The van der Waals surface area contributed by atoms with Crippen LogP contribution >= 0.6 is 11.8 Å². The van der Waals surface area contributed by atoms with Crippen LogP contribution in [0.3, 0.4) is 0 Å². The van der Waals surface area contributed by atoms with Gasteiger partial charge in [-0.25, -0.2) is 9.18 Å². The fourth-order valence-corrected chi connectivity index (χ4v) is 3.21. The molecule has 0 saturated carbocycles. The van der Waals surface area contributed by atoms with Crippen molar-refractivity contribution >= 4 is 35.0 Å². The second-order valence-electron chi connectivity index (χ2n) is 6.03. The molecule has 1 saturated heterocycles. The molecular formula is C21H18FN3O5S. The Hall–Kier alpha value is -3.66. The first-order chi connectivity index (χ1) is 15.0. The van der Waals surface area contributed by atoms with E-state index in [4.69, 9.17) is 9.47 Å². The maximum absolute atomic E-state index is 13.1. The van der Waals surface area contributed by atoms with Crippen LogP contribution in [0.25, 0.3) is 0 Å². The van der Waals surface area contributed by atoms with Crippen molar-refractivity contribution in [3.63, 3.8) is 0 Å². The number of methoxy groups -OCH3 is 2. The number of ether oxygens (including phenoxy) is 3. The number of rotatable bonds is 7. The molecule has 1 amide bonds. The maximum atomic E-state index is 13.1. The molecule has 1 aliphatic rings. The molecule has 31 heavy (non-hydrogen) atoms. The van der Waals surface area contributed by atoms with Crippen LogP contribution in [0.2, 0.25) is 0 Å². The Labute approximate surface area is 181 Å². The number of hydrogen-bond acceptors (Lipinski definition) is 8. The van der Waals surface area contributed by atoms with Gasteiger partial charge in [0, 0.05) is 11.6 Å². The summed E-state index contributed by atoms with van der Waals surface area (Å²) in [6.45, 7) is 0.198. The zero-order valence-corrected chi connectivity index (χ0v) is 17.4. The summed E-state index contributed by atoms with van der Waals surface area (Å²) in [6, 6.07) is 11.2. The number of hydrogen-bond donors (Lipinski definition) is 1. The van der Waals surface area contributed by atoms with E-state index in [0.29, 0.717) is 17.1 Å². The van der Waals surface area contributed by atoms with Crippen molar-refractivity contribution in [2.45, 2.75) is 6.61 Å². The molecule has 10 heteroatoms. The lowest BCUT2D eigenvalue weighted by Crippen LogP contribution is -2.19. The first-order valence-electron chi connectivity index (χ1n) is 8.94. The van der Waals surface area contributed by atoms with E-state index in [0.717, 1.165) is 23.4 Å². The predicted octanol–water partition coefficient (Wildman–Crippen LogP) is 3.02. The van der Waals surface area contributed by atoms with Gasteiger partial charge in [-0.2, -0.15) is 5.10 Å². The van der Waals surface area contributed by atoms with Gasteiger partial charge in [0.2, 0.25) is 0 Å². The number of esters is 1. The van der Waals surface area contributed by atoms with Gasteiger partial charge in [0.05, 0.1) is 25.3 Å². The van der Waals surface area contributed by atoms with Crippen LogP contribution in [-0.4, -0.2) is 37.5 Å². The summed E-state index contributed by atoms with van der Waals surface area (Å²) in [6.07, 6.45) is 2.53. The van der Waals surface area contributed by atoms with E-state index in [-0.39, 0.29) is 22.5 Å². The zero-order chi connectivity index (χ0) is 22.2. The fraction of sp³-hybridized carbons (Fsp3) is 0.143. The third kappa shape index (κ3) is 5.92. The van der Waals surface area contributed by atoms with Gasteiger partial charge in [-0.3, -0.25) is 10.1 Å². The highest BCUT2D eigenvalue weighted by Crippen LogP contribution is 2.31. The first-order valence-corrected chi connectivity index (χ1v) is 9.76. The molecule has 2 aromatic carbocycles. The van der Waals surface area contributed by atoms with Gasteiger partial charge < -0.3 is 14.2 Å². The molecule has 0 aromatic heterocycles. The van der Waals surface area contributed by atoms with Gasteiger partial charge in [0.1, 0.15) is 12.4 Å². The largest absolute Gasteiger partial charge is 0.493 e. The molecule has 1 aliphatic heterocycles. The highest BCUT2D eigenvalue weighted by Gasteiger charge is 2.25. The van der Waals surface area contributed by atoms with E-state index in [1.165, 1.54) is 32.6 Å². The van der Waals surface area contributed by atoms with Crippen LogP contribution < -0.4 is 14.8 Å². The van der Waals surface area contributed by atoms with E-state index in [2.05, 4.69) is 20.3 Å². The number of carbonyl (C=O) groups excluding carboxylic acids is 2. The van der Waals surface area contributed by atoms with E-state index >= 15 is 0 Å². The molecule has 0 atom stereocenters. The van der Waals surface area contributed by atoms with Crippen molar-refractivity contribution in [3.8, 4) is 11.5 Å². The lowest BCUT2D eigenvalue weighted by Gasteiger charge is -2.13. The normalized spacial score (nSPS) is 16.0. The summed E-state index contributed by atoms with van der Waals surface area (Å²) in [5.41, 5.74) is 1.37. The highest BCUT2D eigenvalue weighted by atomic mass is 32.2. The van der Waals surface area contributed by atoms with Crippen molar-refractivity contribution in [2.75, 3.05) is 14.2 Å². The number of thioether (sulfide) groups is 1. The molecule has 8 nitrogen and oxygen atoms in total. The minimum absolute atomic E-state index is 0.158. The fourth-order valence-electron chi connectivity index (χ4n) is 2.47. The number of para-hydroxylation sites is 1. The third-order valence-corrected chi connectivity index (χ3v) is 4.87. The lowest BCUT2D eigenvalue weighted by molar-refractivity contribution is -0.135. The third-order valence-electron chi connectivity index (χ3n) is 3.97. The number of carbonyl (C=O) groups is 2. The van der Waals surface area contributed by atoms with E-state index in [1.54, 1.807) is 30.3 Å². The minimum Gasteiger partial charge on any atom is -0.493 e. The Kier molecular flexibility index (Phi) is 7.39. The summed E-state index contributed by atoms with van der Waals surface area (Å²) in [7, 11) is 2.74. The number of amidine groups is 1. The summed E-state index contributed by atoms with van der Waals surface area (Å²) in [5.74, 6) is -0.497. The molecule has 0 unspecified atom stereocenters. The number of nitrogens with one attached hydrogen (secondary N) is 1. The van der Waals surface area contributed by atoms with Gasteiger partial charge in [-0.15, -0.1) is 5.10 Å². The van der Waals surface area contributed by atoms with E-state index < -0.39 is 11.9 Å². The van der Waals surface area contributed by atoms with Crippen molar-refractivity contribution in [3.05, 3.63) is 70.4 Å². The van der Waals surface area contributed by atoms with Crippen LogP contribution in [0.1, 0.15) is 11.1 Å². The standard InChI is InChI=1S/C21H18FN3O5S/c1-28-16-5-3-4-14(19(16)30-12-13-6-8-15(22)9-7-13)11-23-25-21-24-20(27)17(31-21)10-18(26)29-2/h3-11H,12H2,1-2H3,(H,24,25,27)/b17-10+,23-11?. The highest BCUT2D eigenvalue weighted by molar-refractivity contribution is 8.18. The van der Waals surface area contributed by atoms with Gasteiger partial charge in [0.15, 0.2) is 16.7 Å². The molecule has 2 aromatic rings. The molecular weight excluding hydrogens is 425 g/mol. The zero-order valence-electron chi connectivity index (χ0n) is 16.6. The van der Waals surface area contributed by atoms with Crippen molar-refractivity contribution in [1.82, 2.24) is 5.32 Å². The summed E-state index contributed by atoms with van der Waals surface area (Å²) in [4.78, 5) is 23.3. The number of halogens is 1. The lowest BCUT2D eigenvalue weighted by atomic mass is 10.2. The smallest absolute Gasteiger partial charge is 0.331 e. The summed E-state index contributed by atoms with van der Waals surface area (Å²) >= 11 is 0.967. The Balaban J connectivity index is 1.75. The SMILES string of the molecule is COC(=O)/C=C1/S/C(=N\N=Cc2cccc(OC)c2OCc2ccc(F)cc2)NC1=O. The van der Waals surface area contributed by atoms with Crippen molar-refractivity contribution in [1.29, 1.82) is 0 Å². The van der Waals surface area contributed by atoms with Gasteiger partial charge in [-0.1, -0.05) is 18.2 Å². The number of benzene rings is 2. The Morgan fingerprint density at radius 3 is 2.68 bits per heavy atom. The van der Waals surface area contributed by atoms with Crippen LogP contribution in [0, 0.1) is 5.82 Å². The molecule has 1 fully saturated rings. The van der Waals surface area contributed by atoms with Crippen LogP contribution in [0.15, 0.2) is 63.6 Å². The van der Waals surface area contributed by atoms with E-state index in [1.807, 2.05) is 0 Å². The van der Waals surface area contributed by atoms with Crippen LogP contribution in [0.5, 0.6) is 11.5 Å². The molecule has 1 N–H and O–H groups in total. The summed E-state index contributed by atoms with van der Waals surface area (Å²) < 4.78 is 28.8. The predicted molar refractivity (Wildman–Crippen MR) is 115 cm³/mol. The summed E-state index contributed by atoms with van der Waals surface area (Å²) in [5, 5.41) is 10.7. The Morgan fingerprint density at radius 2 is 1.97 bits per heavy atom. The maximum Gasteiger partial charge on any atom is 0.331 e. The quantitative estimate of drug-likeness (QED) is 0.306. The van der Waals surface area contributed by atoms with E-state index in [9.17, 15) is 14.0 Å². The molecule has 1 heterocycles. The van der Waals surface area contributed by atoms with Gasteiger partial charge in [0.25, 0.3) is 5.91 Å². The number of amides is 1. The second kappa shape index (κ2) is 10.4. The molecule has 160 valence electrons. The number of nitrogens with zero attached hydrogens (tertiary/aromatic N) is 2. The van der Waals surface area contributed by atoms with Crippen molar-refractivity contribution < 1.29 is 28.2 Å². The van der Waals surface area contributed by atoms with Crippen LogP contribution in [0.4, 0.5) is 4.39 Å². The van der Waals surface area contributed by atoms with Crippen LogP contribution in [-0.2, 0) is 20.9 Å². The first kappa shape index (κ1) is 22.0. The second-order valence-corrected chi connectivity index (χ2v) is 7.06. The topological polar surface area (TPSA) is 98.6 Å². The Morgan fingerprint density at radius 1 is 1.19 bits per heavy atom. The van der Waals surface area contributed by atoms with Gasteiger partial charge >= 0.3 is 5.97 Å². The monoisotopic (exact) mass is 443 g/mol. The molecule has 0 aliphatic carbocycles. The molecule has 0 bridgehead atoms. The van der Waals surface area contributed by atoms with Gasteiger partial charge in [-0.05, 0) is 41.6 Å². The molecule has 3 rings (SSSR count). The Bertz CT molecular complexity index is 1070. The molecule has 0 spiro atoms.